The molecule has 0 N–H and O–H groups in total. The number of likely N-dealkylation sites (tertiary alicyclic amines) is 1. The second-order valence-electron chi connectivity index (χ2n) is 6.60. The van der Waals surface area contributed by atoms with E-state index in [-0.39, 0.29) is 5.79 Å². The quantitative estimate of drug-likeness (QED) is 0.796. The lowest BCUT2D eigenvalue weighted by atomic mass is 10.0. The summed E-state index contributed by atoms with van der Waals surface area (Å²) in [5.41, 5.74) is 1.00. The first-order chi connectivity index (χ1) is 12.4. The SMILES string of the molecule is FC(F)(F)c1ccc(-c2nc(CN3CCC4(CC3)OCCO4)cs2)cc1. The van der Waals surface area contributed by atoms with E-state index in [0.29, 0.717) is 18.8 Å². The van der Waals surface area contributed by atoms with Crippen molar-refractivity contribution in [2.45, 2.75) is 31.3 Å². The molecule has 2 aliphatic rings. The van der Waals surface area contributed by atoms with E-state index in [2.05, 4.69) is 9.88 Å². The van der Waals surface area contributed by atoms with Gasteiger partial charge >= 0.3 is 6.18 Å². The molecule has 4 rings (SSSR count). The van der Waals surface area contributed by atoms with Crippen molar-refractivity contribution in [3.8, 4) is 10.6 Å². The van der Waals surface area contributed by atoms with Crippen molar-refractivity contribution >= 4 is 11.3 Å². The molecule has 3 heterocycles. The number of piperidine rings is 1. The van der Waals surface area contributed by atoms with Crippen molar-refractivity contribution in [3.63, 3.8) is 0 Å². The fourth-order valence-electron chi connectivity index (χ4n) is 3.38. The Hall–Kier alpha value is -1.48. The number of aromatic nitrogens is 1. The number of rotatable bonds is 3. The highest BCUT2D eigenvalue weighted by Crippen LogP contribution is 2.33. The first-order valence-corrected chi connectivity index (χ1v) is 9.44. The van der Waals surface area contributed by atoms with Crippen LogP contribution in [0.1, 0.15) is 24.1 Å². The fourth-order valence-corrected chi connectivity index (χ4v) is 4.20. The lowest BCUT2D eigenvalue weighted by molar-refractivity contribution is -0.185. The Kier molecular flexibility index (Phi) is 4.77. The second kappa shape index (κ2) is 6.92. The number of thiazole rings is 1. The smallest absolute Gasteiger partial charge is 0.347 e. The molecule has 2 saturated heterocycles. The number of halogens is 3. The van der Waals surface area contributed by atoms with E-state index >= 15 is 0 Å². The van der Waals surface area contributed by atoms with Crippen LogP contribution in [0.4, 0.5) is 13.2 Å². The molecule has 140 valence electrons. The van der Waals surface area contributed by atoms with E-state index in [1.54, 1.807) is 0 Å². The van der Waals surface area contributed by atoms with Crippen LogP contribution in [-0.2, 0) is 22.2 Å². The summed E-state index contributed by atoms with van der Waals surface area (Å²) in [6, 6.07) is 5.15. The van der Waals surface area contributed by atoms with Crippen LogP contribution >= 0.6 is 11.3 Å². The van der Waals surface area contributed by atoms with Crippen LogP contribution in [-0.4, -0.2) is 42.0 Å². The van der Waals surface area contributed by atoms with E-state index < -0.39 is 11.7 Å². The minimum Gasteiger partial charge on any atom is -0.347 e. The number of hydrogen-bond acceptors (Lipinski definition) is 5. The summed E-state index contributed by atoms with van der Waals surface area (Å²) in [6.07, 6.45) is -2.61. The molecule has 0 atom stereocenters. The van der Waals surface area contributed by atoms with E-state index in [9.17, 15) is 13.2 Å². The maximum atomic E-state index is 12.7. The van der Waals surface area contributed by atoms with Gasteiger partial charge in [-0.25, -0.2) is 4.98 Å². The van der Waals surface area contributed by atoms with Gasteiger partial charge in [-0.15, -0.1) is 11.3 Å². The molecule has 2 fully saturated rings. The van der Waals surface area contributed by atoms with Gasteiger partial charge in [-0.1, -0.05) is 12.1 Å². The molecular formula is C18H19F3N2O2S. The van der Waals surface area contributed by atoms with Crippen molar-refractivity contribution in [1.29, 1.82) is 0 Å². The molecular weight excluding hydrogens is 365 g/mol. The van der Waals surface area contributed by atoms with Gasteiger partial charge in [-0.05, 0) is 12.1 Å². The average molecular weight is 384 g/mol. The van der Waals surface area contributed by atoms with Crippen molar-refractivity contribution in [1.82, 2.24) is 9.88 Å². The molecule has 0 amide bonds. The third kappa shape index (κ3) is 3.78. The molecule has 2 aliphatic heterocycles. The Morgan fingerprint density at radius 1 is 1.08 bits per heavy atom. The largest absolute Gasteiger partial charge is 0.416 e. The highest BCUT2D eigenvalue weighted by atomic mass is 32.1. The number of nitrogens with zero attached hydrogens (tertiary/aromatic N) is 2. The summed E-state index contributed by atoms with van der Waals surface area (Å²) < 4.78 is 49.4. The second-order valence-corrected chi connectivity index (χ2v) is 7.46. The maximum Gasteiger partial charge on any atom is 0.416 e. The van der Waals surface area contributed by atoms with Crippen molar-refractivity contribution in [3.05, 3.63) is 40.9 Å². The molecule has 1 aromatic heterocycles. The monoisotopic (exact) mass is 384 g/mol. The van der Waals surface area contributed by atoms with Crippen molar-refractivity contribution in [2.24, 2.45) is 0 Å². The van der Waals surface area contributed by atoms with Crippen LogP contribution in [0.25, 0.3) is 10.6 Å². The molecule has 26 heavy (non-hydrogen) atoms. The number of ether oxygens (including phenoxy) is 2. The first-order valence-electron chi connectivity index (χ1n) is 8.56. The minimum atomic E-state index is -4.31. The van der Waals surface area contributed by atoms with Crippen LogP contribution in [0, 0.1) is 0 Å². The Morgan fingerprint density at radius 2 is 1.73 bits per heavy atom. The summed E-state index contributed by atoms with van der Waals surface area (Å²) in [5, 5.41) is 2.71. The lowest BCUT2D eigenvalue weighted by Crippen LogP contribution is -2.44. The van der Waals surface area contributed by atoms with Gasteiger partial charge in [0.05, 0.1) is 24.5 Å². The minimum absolute atomic E-state index is 0.385. The predicted molar refractivity (Wildman–Crippen MR) is 91.7 cm³/mol. The van der Waals surface area contributed by atoms with E-state index in [1.807, 2.05) is 5.38 Å². The molecule has 1 aromatic carbocycles. The number of hydrogen-bond donors (Lipinski definition) is 0. The van der Waals surface area contributed by atoms with Crippen LogP contribution in [0.15, 0.2) is 29.6 Å². The van der Waals surface area contributed by atoms with Gasteiger partial charge in [0.25, 0.3) is 0 Å². The highest BCUT2D eigenvalue weighted by Gasteiger charge is 2.39. The first kappa shape index (κ1) is 17.9. The fraction of sp³-hybridized carbons (Fsp3) is 0.500. The van der Waals surface area contributed by atoms with E-state index in [1.165, 1.54) is 23.5 Å². The highest BCUT2D eigenvalue weighted by molar-refractivity contribution is 7.13. The van der Waals surface area contributed by atoms with Gasteiger partial charge in [-0.2, -0.15) is 13.2 Å². The molecule has 1 spiro atoms. The Bertz CT molecular complexity index is 745. The molecule has 0 bridgehead atoms. The molecule has 0 radical (unpaired) electrons. The molecule has 0 aliphatic carbocycles. The van der Waals surface area contributed by atoms with Crippen LogP contribution in [0.2, 0.25) is 0 Å². The molecule has 2 aromatic rings. The molecule has 8 heteroatoms. The molecule has 0 saturated carbocycles. The van der Waals surface area contributed by atoms with Gasteiger partial charge in [-0.3, -0.25) is 4.90 Å². The summed E-state index contributed by atoms with van der Waals surface area (Å²) in [7, 11) is 0. The Balaban J connectivity index is 1.38. The standard InChI is InChI=1S/C18H19F3N2O2S/c19-18(20,21)14-3-1-13(2-4-14)16-22-15(12-26-16)11-23-7-5-17(6-8-23)24-9-10-25-17/h1-4,12H,5-11H2. The van der Waals surface area contributed by atoms with Crippen LogP contribution < -0.4 is 0 Å². The number of benzene rings is 1. The van der Waals surface area contributed by atoms with Crippen molar-refractivity contribution in [2.75, 3.05) is 26.3 Å². The van der Waals surface area contributed by atoms with Crippen LogP contribution in [0.3, 0.4) is 0 Å². The van der Waals surface area contributed by atoms with Gasteiger partial charge in [0.2, 0.25) is 0 Å². The molecule has 0 unspecified atom stereocenters. The summed E-state index contributed by atoms with van der Waals surface area (Å²) in [5.74, 6) is -0.385. The summed E-state index contributed by atoms with van der Waals surface area (Å²) in [6.45, 7) is 3.83. The Labute approximate surface area is 153 Å². The zero-order valence-electron chi connectivity index (χ0n) is 14.1. The van der Waals surface area contributed by atoms with Gasteiger partial charge in [0, 0.05) is 43.4 Å². The normalized spacial score (nSPS) is 20.7. The lowest BCUT2D eigenvalue weighted by Gasteiger charge is -2.37. The average Bonchev–Trinajstić information content (AvgIpc) is 3.27. The number of alkyl halides is 3. The maximum absolute atomic E-state index is 12.7. The third-order valence-corrected chi connectivity index (χ3v) is 5.77. The zero-order chi connectivity index (χ0) is 18.2. The zero-order valence-corrected chi connectivity index (χ0v) is 14.9. The van der Waals surface area contributed by atoms with Gasteiger partial charge < -0.3 is 9.47 Å². The van der Waals surface area contributed by atoms with E-state index in [4.69, 9.17) is 9.47 Å². The summed E-state index contributed by atoms with van der Waals surface area (Å²) >= 11 is 1.45. The third-order valence-electron chi connectivity index (χ3n) is 4.83. The molecule has 4 nitrogen and oxygen atoms in total. The van der Waals surface area contributed by atoms with Gasteiger partial charge in [0.15, 0.2) is 5.79 Å². The van der Waals surface area contributed by atoms with Crippen molar-refractivity contribution < 1.29 is 22.6 Å². The van der Waals surface area contributed by atoms with Gasteiger partial charge in [0.1, 0.15) is 5.01 Å². The Morgan fingerprint density at radius 3 is 2.35 bits per heavy atom. The summed E-state index contributed by atoms with van der Waals surface area (Å²) in [4.78, 5) is 6.90. The topological polar surface area (TPSA) is 34.6 Å². The van der Waals surface area contributed by atoms with E-state index in [0.717, 1.165) is 55.3 Å². The van der Waals surface area contributed by atoms with Crippen LogP contribution in [0.5, 0.6) is 0 Å². The predicted octanol–water partition coefficient (Wildman–Crippen LogP) is 4.17.